The highest BCUT2D eigenvalue weighted by molar-refractivity contribution is 5.92. The third-order valence-electron chi connectivity index (χ3n) is 14.3. The van der Waals surface area contributed by atoms with Crippen LogP contribution in [0.25, 0.3) is 44.4 Å². The van der Waals surface area contributed by atoms with Crippen LogP contribution in [0.5, 0.6) is 0 Å². The summed E-state index contributed by atoms with van der Waals surface area (Å²) in [5.41, 5.74) is 9.47. The number of alkyl carbamates (subject to hydrolysis) is 2. The number of amides is 4. The topological polar surface area (TPSA) is 175 Å². The molecule has 14 heteroatoms. The van der Waals surface area contributed by atoms with Gasteiger partial charge in [-0.25, -0.2) is 19.6 Å². The van der Waals surface area contributed by atoms with Crippen molar-refractivity contribution in [3.8, 4) is 33.6 Å². The summed E-state index contributed by atoms with van der Waals surface area (Å²) in [7, 11) is 2.61. The van der Waals surface area contributed by atoms with Crippen LogP contribution >= 0.6 is 0 Å². The highest BCUT2D eigenvalue weighted by atomic mass is 16.5. The second-order valence-corrected chi connectivity index (χ2v) is 18.8. The van der Waals surface area contributed by atoms with Gasteiger partial charge >= 0.3 is 12.2 Å². The Morgan fingerprint density at radius 2 is 1.06 bits per heavy atom. The molecule has 14 nitrogen and oxygen atoms in total. The number of aromatic nitrogens is 4. The van der Waals surface area contributed by atoms with Gasteiger partial charge in [-0.15, -0.1) is 0 Å². The number of carbonyl (C=O) groups excluding carboxylic acids is 4. The van der Waals surface area contributed by atoms with Crippen LogP contribution in [-0.4, -0.2) is 93.1 Å². The number of H-pyrrole nitrogens is 2. The summed E-state index contributed by atoms with van der Waals surface area (Å²) in [6, 6.07) is 16.0. The number of imidazole rings is 2. The van der Waals surface area contributed by atoms with Crippen molar-refractivity contribution in [1.29, 1.82) is 0 Å². The summed E-state index contributed by atoms with van der Waals surface area (Å²) in [5.74, 6) is 2.04. The Morgan fingerprint density at radius 3 is 1.58 bits per heavy atom. The lowest BCUT2D eigenvalue weighted by Gasteiger charge is -2.41. The van der Waals surface area contributed by atoms with E-state index < -0.39 is 24.3 Å². The largest absolute Gasteiger partial charge is 0.453 e. The van der Waals surface area contributed by atoms with Crippen molar-refractivity contribution in [3.63, 3.8) is 0 Å². The standard InChI is InChI=1S/C50H60N8O6/c1-27(2)43(55-49(61)63-5)47(59)57-21-7-9-39(57)45-51-25-37(53-45)34-18-16-31-23-33(17-15-32(31)24-34)35-19-20-36(42-30-13-11-29(12-14-30)41(35)42)38-26-52-46(54-38)40-10-8-22-58(40)48(60)44(28(3)4)56-50(62)64-6/h15-20,23-30,39-40,43-44H,7-14,21-22H2,1-6H3,(H,51,53)(H,52,54)(H,55,61)(H,56,62). The first-order valence-corrected chi connectivity index (χ1v) is 23.0. The first kappa shape index (κ1) is 43.1. The van der Waals surface area contributed by atoms with E-state index in [0.717, 1.165) is 65.1 Å². The summed E-state index contributed by atoms with van der Waals surface area (Å²) in [4.78, 5) is 72.3. The second-order valence-electron chi connectivity index (χ2n) is 18.8. The van der Waals surface area contributed by atoms with Gasteiger partial charge in [0, 0.05) is 24.2 Å². The van der Waals surface area contributed by atoms with Gasteiger partial charge in [0.15, 0.2) is 0 Å². The Hall–Kier alpha value is -6.18. The highest BCUT2D eigenvalue weighted by Gasteiger charge is 2.40. The van der Waals surface area contributed by atoms with E-state index in [0.29, 0.717) is 24.9 Å². The molecule has 3 aromatic carbocycles. The zero-order valence-electron chi connectivity index (χ0n) is 37.7. The SMILES string of the molecule is COC(=O)NC(C(=O)N1CCCC1c1ncc(-c2ccc3cc(-c4ccc(-c5cnc(C6CCCN6C(=O)C(NC(=O)OC)C(C)C)[nH]5)c5c4C4CCC5CC4)ccc3c2)[nH]1)C(C)C. The average molecular weight is 869 g/mol. The molecule has 64 heavy (non-hydrogen) atoms. The molecule has 1 saturated carbocycles. The lowest BCUT2D eigenvalue weighted by molar-refractivity contribution is -0.136. The number of benzene rings is 3. The predicted octanol–water partition coefficient (Wildman–Crippen LogP) is 9.13. The highest BCUT2D eigenvalue weighted by Crippen LogP contribution is 2.55. The van der Waals surface area contributed by atoms with E-state index in [1.165, 1.54) is 67.7 Å². The van der Waals surface area contributed by atoms with Crippen LogP contribution in [0.15, 0.2) is 60.9 Å². The van der Waals surface area contributed by atoms with Crippen molar-refractivity contribution in [3.05, 3.63) is 83.7 Å². The third-order valence-corrected chi connectivity index (χ3v) is 14.3. The number of hydrogen-bond acceptors (Lipinski definition) is 8. The second kappa shape index (κ2) is 17.8. The van der Waals surface area contributed by atoms with Crippen LogP contribution in [0.1, 0.15) is 126 Å². The molecule has 0 radical (unpaired) electrons. The molecule has 0 spiro atoms. The minimum Gasteiger partial charge on any atom is -0.453 e. The fourth-order valence-corrected chi connectivity index (χ4v) is 10.9. The van der Waals surface area contributed by atoms with E-state index in [1.807, 2.05) is 49.9 Å². The van der Waals surface area contributed by atoms with Crippen LogP contribution in [0.2, 0.25) is 0 Å². The van der Waals surface area contributed by atoms with Crippen molar-refractivity contribution in [2.24, 2.45) is 11.8 Å². The zero-order chi connectivity index (χ0) is 44.8. The number of methoxy groups -OCH3 is 2. The van der Waals surface area contributed by atoms with Gasteiger partial charge in [-0.2, -0.15) is 0 Å². The average Bonchev–Trinajstić information content (AvgIpc) is 4.16. The van der Waals surface area contributed by atoms with Crippen molar-refractivity contribution in [2.75, 3.05) is 27.3 Å². The quantitative estimate of drug-likeness (QED) is 0.102. The number of rotatable bonds is 11. The van der Waals surface area contributed by atoms with Gasteiger partial charge in [-0.1, -0.05) is 64.1 Å². The Labute approximate surface area is 374 Å². The van der Waals surface area contributed by atoms with Crippen molar-refractivity contribution >= 4 is 34.8 Å². The van der Waals surface area contributed by atoms with Gasteiger partial charge in [-0.05, 0) is 120 Å². The number of aromatic amines is 2. The predicted molar refractivity (Wildman–Crippen MR) is 244 cm³/mol. The van der Waals surface area contributed by atoms with Gasteiger partial charge in [0.2, 0.25) is 11.8 Å². The molecule has 4 atom stereocenters. The molecule has 2 aliphatic heterocycles. The number of carbonyl (C=O) groups is 4. The molecule has 5 aliphatic rings. The Balaban J connectivity index is 0.964. The minimum atomic E-state index is -0.687. The minimum absolute atomic E-state index is 0.102. The van der Waals surface area contributed by atoms with Gasteiger partial charge in [0.1, 0.15) is 23.7 Å². The Kier molecular flexibility index (Phi) is 12.0. The van der Waals surface area contributed by atoms with Crippen molar-refractivity contribution in [1.82, 2.24) is 40.4 Å². The molecule has 4 amide bonds. The number of likely N-dealkylation sites (tertiary alicyclic amines) is 2. The molecular formula is C50H60N8O6. The van der Waals surface area contributed by atoms with E-state index in [2.05, 4.69) is 69.1 Å². The molecule has 3 aliphatic carbocycles. The summed E-state index contributed by atoms with van der Waals surface area (Å²) in [5, 5.41) is 7.75. The summed E-state index contributed by atoms with van der Waals surface area (Å²) in [6.45, 7) is 8.89. The molecule has 10 rings (SSSR count). The molecule has 2 saturated heterocycles. The number of nitrogens with zero attached hydrogens (tertiary/aromatic N) is 4. The first-order chi connectivity index (χ1) is 30.9. The van der Waals surface area contributed by atoms with E-state index in [9.17, 15) is 19.2 Å². The first-order valence-electron chi connectivity index (χ1n) is 23.0. The van der Waals surface area contributed by atoms with Crippen LogP contribution < -0.4 is 10.6 Å². The van der Waals surface area contributed by atoms with Gasteiger partial charge < -0.3 is 39.9 Å². The fraction of sp³-hybridized carbons (Fsp3) is 0.480. The summed E-state index contributed by atoms with van der Waals surface area (Å²) < 4.78 is 9.63. The third kappa shape index (κ3) is 8.00. The number of fused-ring (bicyclic) bond motifs is 3. The maximum atomic E-state index is 13.8. The molecule has 336 valence electrons. The maximum Gasteiger partial charge on any atom is 0.407 e. The zero-order valence-corrected chi connectivity index (χ0v) is 37.7. The van der Waals surface area contributed by atoms with E-state index in [4.69, 9.17) is 19.4 Å². The van der Waals surface area contributed by atoms with Gasteiger partial charge in [0.25, 0.3) is 0 Å². The smallest absolute Gasteiger partial charge is 0.407 e. The monoisotopic (exact) mass is 868 g/mol. The lowest BCUT2D eigenvalue weighted by Crippen LogP contribution is -2.51. The van der Waals surface area contributed by atoms with E-state index in [-0.39, 0.29) is 35.7 Å². The van der Waals surface area contributed by atoms with Crippen molar-refractivity contribution in [2.45, 2.75) is 115 Å². The fourth-order valence-electron chi connectivity index (χ4n) is 10.9. The Morgan fingerprint density at radius 1 is 0.609 bits per heavy atom. The summed E-state index contributed by atoms with van der Waals surface area (Å²) in [6.07, 6.45) is 10.6. The molecular weight excluding hydrogens is 809 g/mol. The van der Waals surface area contributed by atoms with Gasteiger partial charge in [0.05, 0.1) is 50.1 Å². The molecule has 2 aromatic heterocycles. The molecule has 4 heterocycles. The molecule has 4 unspecified atom stereocenters. The molecule has 4 N–H and O–H groups in total. The van der Waals surface area contributed by atoms with E-state index >= 15 is 0 Å². The summed E-state index contributed by atoms with van der Waals surface area (Å²) >= 11 is 0. The van der Waals surface area contributed by atoms with Crippen LogP contribution in [0, 0.1) is 11.8 Å². The number of hydrogen-bond donors (Lipinski definition) is 4. The van der Waals surface area contributed by atoms with Crippen molar-refractivity contribution < 1.29 is 28.7 Å². The number of ether oxygens (including phenoxy) is 2. The maximum absolute atomic E-state index is 13.8. The Bertz CT molecular complexity index is 2570. The molecule has 2 bridgehead atoms. The lowest BCUT2D eigenvalue weighted by atomic mass is 9.64. The van der Waals surface area contributed by atoms with E-state index in [1.54, 1.807) is 0 Å². The van der Waals surface area contributed by atoms with Crippen LogP contribution in [-0.2, 0) is 19.1 Å². The van der Waals surface area contributed by atoms with Crippen LogP contribution in [0.3, 0.4) is 0 Å². The molecule has 3 fully saturated rings. The van der Waals surface area contributed by atoms with Crippen LogP contribution in [0.4, 0.5) is 9.59 Å². The van der Waals surface area contributed by atoms with Gasteiger partial charge in [-0.3, -0.25) is 9.59 Å². The molecule has 5 aromatic rings. The number of nitrogens with one attached hydrogen (secondary N) is 4. The normalized spacial score (nSPS) is 21.3.